The predicted molar refractivity (Wildman–Crippen MR) is 87.2 cm³/mol. The quantitative estimate of drug-likeness (QED) is 0.814. The van der Waals surface area contributed by atoms with E-state index in [1.807, 2.05) is 6.92 Å². The number of carbonyl (C=O) groups is 1. The van der Waals surface area contributed by atoms with E-state index in [0.717, 1.165) is 6.07 Å². The second-order valence-corrected chi connectivity index (χ2v) is 5.76. The van der Waals surface area contributed by atoms with Gasteiger partial charge >= 0.3 is 6.18 Å². The van der Waals surface area contributed by atoms with Crippen molar-refractivity contribution in [2.24, 2.45) is 0 Å². The Morgan fingerprint density at radius 1 is 1.23 bits per heavy atom. The van der Waals surface area contributed by atoms with E-state index in [9.17, 15) is 18.0 Å². The van der Waals surface area contributed by atoms with Gasteiger partial charge in [-0.2, -0.15) is 13.2 Å². The van der Waals surface area contributed by atoms with E-state index >= 15 is 0 Å². The minimum absolute atomic E-state index is 0.204. The van der Waals surface area contributed by atoms with Crippen LogP contribution in [0, 0.1) is 0 Å². The summed E-state index contributed by atoms with van der Waals surface area (Å²) in [7, 11) is 0. The van der Waals surface area contributed by atoms with Crippen molar-refractivity contribution in [2.45, 2.75) is 19.2 Å². The Morgan fingerprint density at radius 3 is 2.54 bits per heavy atom. The fraction of sp³-hybridized carbons (Fsp3) is 0.333. The van der Waals surface area contributed by atoms with Crippen molar-refractivity contribution in [1.29, 1.82) is 0 Å². The van der Waals surface area contributed by atoms with E-state index in [1.165, 1.54) is 17.2 Å². The summed E-state index contributed by atoms with van der Waals surface area (Å²) in [5.41, 5.74) is -0.433. The average molecular weight is 366 g/mol. The van der Waals surface area contributed by atoms with Crippen molar-refractivity contribution in [3.8, 4) is 11.6 Å². The highest BCUT2D eigenvalue weighted by molar-refractivity contribution is 5.94. The monoisotopic (exact) mass is 366 g/mol. The van der Waals surface area contributed by atoms with Gasteiger partial charge in [0.1, 0.15) is 17.4 Å². The molecule has 0 N–H and O–H groups in total. The second kappa shape index (κ2) is 7.23. The van der Waals surface area contributed by atoms with Gasteiger partial charge in [0.05, 0.1) is 19.7 Å². The molecule has 0 aliphatic carbocycles. The number of hydrogen-bond acceptors (Lipinski definition) is 4. The lowest BCUT2D eigenvalue weighted by Gasteiger charge is -2.39. The largest absolute Gasteiger partial charge is 0.494 e. The van der Waals surface area contributed by atoms with E-state index < -0.39 is 23.7 Å². The van der Waals surface area contributed by atoms with E-state index in [-0.39, 0.29) is 19.0 Å². The fourth-order valence-corrected chi connectivity index (χ4v) is 2.58. The molecule has 1 fully saturated rings. The minimum atomic E-state index is -4.54. The van der Waals surface area contributed by atoms with Gasteiger partial charge in [0.15, 0.2) is 0 Å². The van der Waals surface area contributed by atoms with Gasteiger partial charge in [-0.3, -0.25) is 4.79 Å². The topological polar surface area (TPSA) is 51.7 Å². The van der Waals surface area contributed by atoms with Crippen LogP contribution in [0.1, 0.15) is 22.8 Å². The molecule has 8 heteroatoms. The molecule has 0 unspecified atom stereocenters. The maximum Gasteiger partial charge on any atom is 0.421 e. The summed E-state index contributed by atoms with van der Waals surface area (Å²) in [5.74, 6) is 0.00633. The summed E-state index contributed by atoms with van der Waals surface area (Å²) in [6.07, 6.45) is -3.81. The highest BCUT2D eigenvalue weighted by Crippen LogP contribution is 2.35. The molecular formula is C18H17F3N2O3. The lowest BCUT2D eigenvalue weighted by molar-refractivity contribution is -0.140. The van der Waals surface area contributed by atoms with Gasteiger partial charge in [-0.15, -0.1) is 0 Å². The molecule has 0 bridgehead atoms. The van der Waals surface area contributed by atoms with Crippen molar-refractivity contribution in [2.75, 3.05) is 19.7 Å². The highest BCUT2D eigenvalue weighted by Gasteiger charge is 2.38. The lowest BCUT2D eigenvalue weighted by atomic mass is 10.1. The van der Waals surface area contributed by atoms with Crippen LogP contribution in [0.15, 0.2) is 42.6 Å². The lowest BCUT2D eigenvalue weighted by Crippen LogP contribution is -2.56. The van der Waals surface area contributed by atoms with Gasteiger partial charge in [-0.1, -0.05) is 0 Å². The van der Waals surface area contributed by atoms with Crippen LogP contribution in [0.5, 0.6) is 11.6 Å². The van der Waals surface area contributed by atoms with Gasteiger partial charge in [-0.25, -0.2) is 4.98 Å². The molecule has 1 saturated heterocycles. The Kier molecular flexibility index (Phi) is 5.01. The molecule has 138 valence electrons. The maximum absolute atomic E-state index is 12.9. The standard InChI is InChI=1S/C18H17F3N2O3/c1-2-25-13-7-5-12(6-8-13)17(24)23-10-14(11-23)26-16-15(18(19,20)21)4-3-9-22-16/h3-9,14H,2,10-11H2,1H3. The van der Waals surface area contributed by atoms with Gasteiger partial charge in [0.25, 0.3) is 5.91 Å². The molecule has 26 heavy (non-hydrogen) atoms. The number of alkyl halides is 3. The SMILES string of the molecule is CCOc1ccc(C(=O)N2CC(Oc3ncccc3C(F)(F)F)C2)cc1. The van der Waals surface area contributed by atoms with E-state index in [2.05, 4.69) is 4.98 Å². The summed E-state index contributed by atoms with van der Waals surface area (Å²) >= 11 is 0. The summed E-state index contributed by atoms with van der Waals surface area (Å²) in [4.78, 5) is 17.5. The van der Waals surface area contributed by atoms with E-state index in [0.29, 0.717) is 17.9 Å². The number of nitrogens with zero attached hydrogens (tertiary/aromatic N) is 2. The first-order valence-corrected chi connectivity index (χ1v) is 8.09. The molecule has 0 saturated carbocycles. The molecular weight excluding hydrogens is 349 g/mol. The number of hydrogen-bond donors (Lipinski definition) is 0. The van der Waals surface area contributed by atoms with Crippen LogP contribution in [-0.4, -0.2) is 41.6 Å². The number of carbonyl (C=O) groups excluding carboxylic acids is 1. The molecule has 3 rings (SSSR count). The van der Waals surface area contributed by atoms with Gasteiger partial charge in [0.2, 0.25) is 5.88 Å². The van der Waals surface area contributed by atoms with Crippen LogP contribution < -0.4 is 9.47 Å². The van der Waals surface area contributed by atoms with Crippen LogP contribution >= 0.6 is 0 Å². The Labute approximate surface area is 148 Å². The second-order valence-electron chi connectivity index (χ2n) is 5.76. The number of aromatic nitrogens is 1. The first kappa shape index (κ1) is 18.0. The number of benzene rings is 1. The summed E-state index contributed by atoms with van der Waals surface area (Å²) in [5, 5.41) is 0. The molecule has 2 heterocycles. The number of rotatable bonds is 5. The Balaban J connectivity index is 1.58. The summed E-state index contributed by atoms with van der Waals surface area (Å²) in [6, 6.07) is 8.84. The van der Waals surface area contributed by atoms with Crippen LogP contribution in [-0.2, 0) is 6.18 Å². The molecule has 1 aromatic heterocycles. The Morgan fingerprint density at radius 2 is 1.92 bits per heavy atom. The summed E-state index contributed by atoms with van der Waals surface area (Å²) in [6.45, 7) is 2.82. The maximum atomic E-state index is 12.9. The van der Waals surface area contributed by atoms with Crippen molar-refractivity contribution >= 4 is 5.91 Å². The molecule has 0 spiro atoms. The molecule has 0 atom stereocenters. The number of amides is 1. The molecule has 2 aromatic rings. The van der Waals surface area contributed by atoms with Crippen LogP contribution in [0.25, 0.3) is 0 Å². The molecule has 1 amide bonds. The molecule has 0 radical (unpaired) electrons. The van der Waals surface area contributed by atoms with E-state index in [4.69, 9.17) is 9.47 Å². The zero-order valence-corrected chi connectivity index (χ0v) is 14.0. The number of halogens is 3. The van der Waals surface area contributed by atoms with Gasteiger partial charge in [-0.05, 0) is 43.3 Å². The Bertz CT molecular complexity index is 772. The zero-order chi connectivity index (χ0) is 18.7. The van der Waals surface area contributed by atoms with Crippen LogP contribution in [0.2, 0.25) is 0 Å². The third-order valence-corrected chi connectivity index (χ3v) is 3.90. The fourth-order valence-electron chi connectivity index (χ4n) is 2.58. The predicted octanol–water partition coefficient (Wildman–Crippen LogP) is 3.40. The number of ether oxygens (including phenoxy) is 2. The molecule has 1 aromatic carbocycles. The molecule has 1 aliphatic rings. The van der Waals surface area contributed by atoms with Crippen molar-refractivity contribution < 1.29 is 27.4 Å². The third kappa shape index (κ3) is 3.89. The molecule has 5 nitrogen and oxygen atoms in total. The first-order valence-electron chi connectivity index (χ1n) is 8.09. The molecule has 1 aliphatic heterocycles. The summed E-state index contributed by atoms with van der Waals surface area (Å²) < 4.78 is 49.5. The van der Waals surface area contributed by atoms with Gasteiger partial charge < -0.3 is 14.4 Å². The average Bonchev–Trinajstić information content (AvgIpc) is 2.57. The minimum Gasteiger partial charge on any atom is -0.494 e. The van der Waals surface area contributed by atoms with Gasteiger partial charge in [0, 0.05) is 11.8 Å². The number of pyridine rings is 1. The van der Waals surface area contributed by atoms with Crippen molar-refractivity contribution in [3.63, 3.8) is 0 Å². The first-order chi connectivity index (χ1) is 12.4. The number of likely N-dealkylation sites (tertiary alicyclic amines) is 1. The van der Waals surface area contributed by atoms with Crippen molar-refractivity contribution in [3.05, 3.63) is 53.7 Å². The van der Waals surface area contributed by atoms with Crippen LogP contribution in [0.3, 0.4) is 0 Å². The smallest absolute Gasteiger partial charge is 0.421 e. The Hall–Kier alpha value is -2.77. The van der Waals surface area contributed by atoms with Crippen LogP contribution in [0.4, 0.5) is 13.2 Å². The third-order valence-electron chi connectivity index (χ3n) is 3.90. The van der Waals surface area contributed by atoms with Crippen molar-refractivity contribution in [1.82, 2.24) is 9.88 Å². The highest BCUT2D eigenvalue weighted by atomic mass is 19.4. The zero-order valence-electron chi connectivity index (χ0n) is 14.0. The van der Waals surface area contributed by atoms with E-state index in [1.54, 1.807) is 24.3 Å². The normalized spacial score (nSPS) is 14.7.